The van der Waals surface area contributed by atoms with E-state index in [0.29, 0.717) is 13.0 Å². The van der Waals surface area contributed by atoms with Crippen molar-refractivity contribution in [2.45, 2.75) is 67.0 Å². The van der Waals surface area contributed by atoms with Gasteiger partial charge in [-0.3, -0.25) is 4.79 Å². The topological polar surface area (TPSA) is 93.0 Å². The van der Waals surface area contributed by atoms with Crippen molar-refractivity contribution in [3.05, 3.63) is 95.2 Å². The van der Waals surface area contributed by atoms with Crippen molar-refractivity contribution in [3.63, 3.8) is 0 Å². The summed E-state index contributed by atoms with van der Waals surface area (Å²) in [6.07, 6.45) is 5.34. The highest BCUT2D eigenvalue weighted by atomic mass is 19.4. The molecule has 0 atom stereocenters. The number of hydrogen-bond acceptors (Lipinski definition) is 6. The van der Waals surface area contributed by atoms with Crippen LogP contribution < -0.4 is 5.32 Å². The van der Waals surface area contributed by atoms with Crippen molar-refractivity contribution < 1.29 is 32.2 Å². The summed E-state index contributed by atoms with van der Waals surface area (Å²) < 4.78 is 54.5. The van der Waals surface area contributed by atoms with Gasteiger partial charge in [-0.2, -0.15) is 13.2 Å². The van der Waals surface area contributed by atoms with Gasteiger partial charge in [0.25, 0.3) is 5.91 Å². The number of ether oxygens (including phenoxy) is 3. The number of likely N-dealkylation sites (N-methyl/N-ethyl adjacent to an activating group) is 1. The van der Waals surface area contributed by atoms with Crippen LogP contribution in [0, 0.1) is 5.53 Å². The monoisotopic (exact) mass is 595 g/mol. The molecule has 10 heteroatoms. The van der Waals surface area contributed by atoms with Crippen molar-refractivity contribution >= 4 is 5.91 Å². The molecule has 0 aliphatic heterocycles. The molecule has 42 heavy (non-hydrogen) atoms. The van der Waals surface area contributed by atoms with E-state index in [1.807, 2.05) is 0 Å². The first-order valence-electron chi connectivity index (χ1n) is 13.6. The number of amides is 1. The first kappa shape index (κ1) is 40.5. The third kappa shape index (κ3) is 17.9. The SMILES string of the molecule is C=C(/C=C\CC(C)=C(C)C)CC.C=C/C(=C\C(=C/C)C(F)(F)F)CO/C(N=N)=C(/C(=C)OCCCOC)C(=O)NCC. The summed E-state index contributed by atoms with van der Waals surface area (Å²) in [5, 5.41) is 5.72. The second kappa shape index (κ2) is 23.0. The molecular weight excluding hydrogens is 547 g/mol. The van der Waals surface area contributed by atoms with Crippen LogP contribution in [0.25, 0.3) is 0 Å². The van der Waals surface area contributed by atoms with E-state index >= 15 is 0 Å². The lowest BCUT2D eigenvalue weighted by molar-refractivity contribution is -0.117. The van der Waals surface area contributed by atoms with Crippen molar-refractivity contribution in [2.24, 2.45) is 5.11 Å². The van der Waals surface area contributed by atoms with E-state index in [9.17, 15) is 18.0 Å². The number of alkyl halides is 3. The number of rotatable bonds is 18. The van der Waals surface area contributed by atoms with Gasteiger partial charge >= 0.3 is 6.18 Å². The molecular formula is C32H48F3N3O4. The van der Waals surface area contributed by atoms with Gasteiger partial charge in [-0.1, -0.05) is 67.7 Å². The molecule has 0 radical (unpaired) electrons. The Morgan fingerprint density at radius 3 is 2.19 bits per heavy atom. The molecule has 0 aliphatic rings. The number of halogens is 3. The van der Waals surface area contributed by atoms with Crippen LogP contribution in [-0.4, -0.2) is 45.6 Å². The quantitative estimate of drug-likeness (QED) is 0.0413. The molecule has 0 rings (SSSR count). The van der Waals surface area contributed by atoms with Gasteiger partial charge in [0.2, 0.25) is 5.88 Å². The summed E-state index contributed by atoms with van der Waals surface area (Å²) in [5.41, 5.74) is 10.4. The van der Waals surface area contributed by atoms with Gasteiger partial charge < -0.3 is 19.5 Å². The zero-order valence-corrected chi connectivity index (χ0v) is 26.2. The molecule has 0 aliphatic carbocycles. The van der Waals surface area contributed by atoms with Crippen molar-refractivity contribution in [1.29, 1.82) is 5.53 Å². The highest BCUT2D eigenvalue weighted by molar-refractivity contribution is 5.97. The number of methoxy groups -OCH3 is 1. The average Bonchev–Trinajstić information content (AvgIpc) is 2.94. The molecule has 0 aromatic heterocycles. The zero-order chi connectivity index (χ0) is 32.7. The fourth-order valence-electron chi connectivity index (χ4n) is 2.79. The van der Waals surface area contributed by atoms with Gasteiger partial charge in [0.15, 0.2) is 0 Å². The Morgan fingerprint density at radius 1 is 1.10 bits per heavy atom. The molecule has 0 heterocycles. The number of nitrogens with zero attached hydrogens (tertiary/aromatic N) is 1. The van der Waals surface area contributed by atoms with Crippen molar-refractivity contribution in [2.75, 3.05) is 33.5 Å². The number of nitrogens with one attached hydrogen (secondary N) is 2. The molecule has 0 unspecified atom stereocenters. The lowest BCUT2D eigenvalue weighted by Gasteiger charge is -2.16. The summed E-state index contributed by atoms with van der Waals surface area (Å²) in [7, 11) is 1.53. The standard InChI is InChI=1S/C20H28F3N3O4.C12H20/c1-6-15(12-16(7-2)20(21,22)23)13-30-19(26-24)17(18(27)25-8-3)14(4)29-11-9-10-28-5;1-6-11(4)8-7-9-12(5)10(2)3/h6-7,12,24H,1,4,8-11,13H2,2-3,5H3,(H,25,27);7-8H,4,6,9H2,1-3,5H3/b15-12+,16-7+,19-17-,26-24?;8-7-. The third-order valence-electron chi connectivity index (χ3n) is 5.63. The molecule has 236 valence electrons. The number of carbonyl (C=O) groups is 1. The second-order valence-corrected chi connectivity index (χ2v) is 9.12. The van der Waals surface area contributed by atoms with E-state index < -0.39 is 30.1 Å². The minimum absolute atomic E-state index is 0.0726. The molecule has 0 fully saturated rings. The fraction of sp³-hybridized carbons (Fsp3) is 0.469. The molecule has 0 saturated heterocycles. The van der Waals surface area contributed by atoms with E-state index in [4.69, 9.17) is 19.7 Å². The van der Waals surface area contributed by atoms with Crippen LogP contribution in [0.2, 0.25) is 0 Å². The molecule has 0 saturated carbocycles. The minimum atomic E-state index is -4.54. The summed E-state index contributed by atoms with van der Waals surface area (Å²) in [5.74, 6) is -1.18. The second-order valence-electron chi connectivity index (χ2n) is 9.12. The lowest BCUT2D eigenvalue weighted by atomic mass is 10.1. The van der Waals surface area contributed by atoms with Crippen LogP contribution in [0.3, 0.4) is 0 Å². The van der Waals surface area contributed by atoms with Crippen LogP contribution in [0.4, 0.5) is 13.2 Å². The van der Waals surface area contributed by atoms with Crippen molar-refractivity contribution in [1.82, 2.24) is 5.32 Å². The Balaban J connectivity index is 0. The highest BCUT2D eigenvalue weighted by Gasteiger charge is 2.31. The van der Waals surface area contributed by atoms with Gasteiger partial charge in [0, 0.05) is 26.7 Å². The normalized spacial score (nSPS) is 12.4. The van der Waals surface area contributed by atoms with E-state index in [1.54, 1.807) is 6.92 Å². The zero-order valence-electron chi connectivity index (χ0n) is 26.2. The summed E-state index contributed by atoms with van der Waals surface area (Å²) >= 11 is 0. The van der Waals surface area contributed by atoms with Crippen LogP contribution in [-0.2, 0) is 19.0 Å². The lowest BCUT2D eigenvalue weighted by Crippen LogP contribution is -2.27. The van der Waals surface area contributed by atoms with E-state index in [-0.39, 0.29) is 30.1 Å². The fourth-order valence-corrected chi connectivity index (χ4v) is 2.79. The van der Waals surface area contributed by atoms with Gasteiger partial charge in [0.1, 0.15) is 17.9 Å². The molecule has 0 aromatic rings. The van der Waals surface area contributed by atoms with Gasteiger partial charge in [-0.15, -0.1) is 5.11 Å². The Bertz CT molecular complexity index is 1060. The van der Waals surface area contributed by atoms with Gasteiger partial charge in [-0.25, -0.2) is 5.53 Å². The smallest absolute Gasteiger partial charge is 0.416 e. The minimum Gasteiger partial charge on any atom is -0.493 e. The maximum absolute atomic E-state index is 12.9. The maximum Gasteiger partial charge on any atom is 0.416 e. The first-order chi connectivity index (χ1) is 19.7. The third-order valence-corrected chi connectivity index (χ3v) is 5.63. The Labute approximate surface area is 249 Å². The maximum atomic E-state index is 12.9. The molecule has 1 amide bonds. The molecule has 0 aromatic carbocycles. The predicted molar refractivity (Wildman–Crippen MR) is 164 cm³/mol. The molecule has 2 N–H and O–H groups in total. The van der Waals surface area contributed by atoms with Crippen LogP contribution in [0.1, 0.15) is 60.8 Å². The largest absolute Gasteiger partial charge is 0.493 e. The van der Waals surface area contributed by atoms with E-state index in [0.717, 1.165) is 25.0 Å². The summed E-state index contributed by atoms with van der Waals surface area (Å²) in [6, 6.07) is 0. The average molecular weight is 596 g/mol. The Hall–Kier alpha value is -3.66. The Morgan fingerprint density at radius 2 is 1.74 bits per heavy atom. The number of hydrogen-bond donors (Lipinski definition) is 2. The van der Waals surface area contributed by atoms with Crippen LogP contribution >= 0.6 is 0 Å². The van der Waals surface area contributed by atoms with Gasteiger partial charge in [0.05, 0.1) is 12.2 Å². The van der Waals surface area contributed by atoms with E-state index in [1.165, 1.54) is 36.8 Å². The number of allylic oxidation sites excluding steroid dienone is 8. The Kier molecular flexibility index (Phi) is 22.1. The predicted octanol–water partition coefficient (Wildman–Crippen LogP) is 8.82. The van der Waals surface area contributed by atoms with E-state index in [2.05, 4.69) is 70.0 Å². The molecule has 0 bridgehead atoms. The number of carbonyl (C=O) groups excluding carboxylic acids is 1. The first-order valence-corrected chi connectivity index (χ1v) is 13.6. The summed E-state index contributed by atoms with van der Waals surface area (Å²) in [6.45, 7) is 23.1. The van der Waals surface area contributed by atoms with Crippen LogP contribution in [0.15, 0.2) is 100 Å². The van der Waals surface area contributed by atoms with Crippen molar-refractivity contribution in [3.8, 4) is 0 Å². The molecule has 0 spiro atoms. The highest BCUT2D eigenvalue weighted by Crippen LogP contribution is 2.28. The van der Waals surface area contributed by atoms with Crippen LogP contribution in [0.5, 0.6) is 0 Å². The summed E-state index contributed by atoms with van der Waals surface area (Å²) in [4.78, 5) is 12.4. The van der Waals surface area contributed by atoms with Gasteiger partial charge in [-0.05, 0) is 59.1 Å². The molecule has 7 nitrogen and oxygen atoms in total.